The average Bonchev–Trinajstić information content (AvgIpc) is 2.89. The van der Waals surface area contributed by atoms with Crippen molar-refractivity contribution in [2.24, 2.45) is 5.92 Å². The Morgan fingerprint density at radius 3 is 2.34 bits per heavy atom. The molecule has 0 bridgehead atoms. The molecule has 0 spiro atoms. The predicted molar refractivity (Wildman–Crippen MR) is 141 cm³/mol. The Balaban J connectivity index is 1.20. The molecule has 1 unspecified atom stereocenters. The predicted octanol–water partition coefficient (Wildman–Crippen LogP) is 5.72. The second-order valence-electron chi connectivity index (χ2n) is 9.74. The Kier molecular flexibility index (Phi) is 9.73. The van der Waals surface area contributed by atoms with Crippen LogP contribution in [0.1, 0.15) is 37.7 Å². The van der Waals surface area contributed by atoms with Gasteiger partial charge in [-0.1, -0.05) is 53.5 Å². The number of nitrogens with zero attached hydrogens (tertiary/aromatic N) is 2. The van der Waals surface area contributed by atoms with Crippen LogP contribution < -0.4 is 4.74 Å². The number of rotatable bonds is 9. The fraction of sp³-hybridized carbons (Fsp3) is 0.536. The lowest BCUT2D eigenvalue weighted by molar-refractivity contribution is -0.148. The summed E-state index contributed by atoms with van der Waals surface area (Å²) >= 11 is 12.1. The number of methoxy groups -OCH3 is 1. The minimum atomic E-state index is -0.157. The number of aryl methyl sites for hydroxylation is 1. The van der Waals surface area contributed by atoms with E-state index in [0.717, 1.165) is 77.0 Å². The number of esters is 1. The highest BCUT2D eigenvalue weighted by Crippen LogP contribution is 2.29. The lowest BCUT2D eigenvalue weighted by Gasteiger charge is -2.39. The van der Waals surface area contributed by atoms with E-state index in [4.69, 9.17) is 32.7 Å². The highest BCUT2D eigenvalue weighted by molar-refractivity contribution is 6.42. The average molecular weight is 520 g/mol. The number of hydrogen-bond donors (Lipinski definition) is 0. The molecule has 4 rings (SSSR count). The number of benzene rings is 2. The monoisotopic (exact) mass is 518 g/mol. The molecule has 5 nitrogen and oxygen atoms in total. The fourth-order valence-corrected chi connectivity index (χ4v) is 5.59. The Hall–Kier alpha value is -1.79. The minimum absolute atomic E-state index is 0.108. The van der Waals surface area contributed by atoms with Gasteiger partial charge in [0.1, 0.15) is 17.9 Å². The van der Waals surface area contributed by atoms with Gasteiger partial charge in [-0.15, -0.1) is 0 Å². The van der Waals surface area contributed by atoms with Gasteiger partial charge in [0.25, 0.3) is 0 Å². The second kappa shape index (κ2) is 13.0. The molecule has 0 N–H and O–H groups in total. The van der Waals surface area contributed by atoms with Crippen molar-refractivity contribution in [3.8, 4) is 5.75 Å². The Bertz CT molecular complexity index is 942. The minimum Gasteiger partial charge on any atom is -0.490 e. The third-order valence-electron chi connectivity index (χ3n) is 7.36. The van der Waals surface area contributed by atoms with E-state index in [9.17, 15) is 4.79 Å². The van der Waals surface area contributed by atoms with E-state index in [1.54, 1.807) is 12.1 Å². The van der Waals surface area contributed by atoms with E-state index in [1.165, 1.54) is 12.7 Å². The van der Waals surface area contributed by atoms with Crippen LogP contribution >= 0.6 is 23.2 Å². The first-order valence-corrected chi connectivity index (χ1v) is 13.5. The largest absolute Gasteiger partial charge is 0.490 e. The van der Waals surface area contributed by atoms with Crippen molar-refractivity contribution in [1.82, 2.24) is 9.80 Å². The molecule has 0 radical (unpaired) electrons. The molecule has 2 heterocycles. The zero-order valence-electron chi connectivity index (χ0n) is 20.5. The van der Waals surface area contributed by atoms with Crippen LogP contribution in [0.2, 0.25) is 10.0 Å². The molecule has 0 saturated carbocycles. The van der Waals surface area contributed by atoms with Crippen LogP contribution in [0.3, 0.4) is 0 Å². The first-order chi connectivity index (χ1) is 17.0. The number of carbonyl (C=O) groups excluding carboxylic acids is 1. The number of piperidine rings is 2. The Morgan fingerprint density at radius 2 is 1.69 bits per heavy atom. The van der Waals surface area contributed by atoms with Gasteiger partial charge in [0.2, 0.25) is 0 Å². The highest BCUT2D eigenvalue weighted by Gasteiger charge is 2.31. The second-order valence-corrected chi connectivity index (χ2v) is 10.6. The van der Waals surface area contributed by atoms with Crippen LogP contribution in [0.25, 0.3) is 0 Å². The molecule has 0 aromatic heterocycles. The van der Waals surface area contributed by atoms with Gasteiger partial charge in [-0.2, -0.15) is 0 Å². The molecule has 2 aliphatic heterocycles. The topological polar surface area (TPSA) is 42.0 Å². The van der Waals surface area contributed by atoms with Gasteiger partial charge >= 0.3 is 5.97 Å². The maximum absolute atomic E-state index is 12.5. The molecule has 2 fully saturated rings. The van der Waals surface area contributed by atoms with Crippen LogP contribution in [0.15, 0.2) is 48.5 Å². The number of halogens is 2. The molecule has 0 aliphatic carbocycles. The summed E-state index contributed by atoms with van der Waals surface area (Å²) in [5, 5.41) is 1.08. The molecular formula is C28H36Cl2N2O3. The zero-order chi connectivity index (χ0) is 24.6. The normalized spacial score (nSPS) is 19.4. The first-order valence-electron chi connectivity index (χ1n) is 12.7. The number of carbonyl (C=O) groups is 1. The molecule has 1 atom stereocenters. The smallest absolute Gasteiger partial charge is 0.323 e. The quantitative estimate of drug-likeness (QED) is 0.397. The molecule has 2 aliphatic rings. The van der Waals surface area contributed by atoms with E-state index in [2.05, 4.69) is 34.1 Å². The Morgan fingerprint density at radius 1 is 0.971 bits per heavy atom. The van der Waals surface area contributed by atoms with E-state index in [1.807, 2.05) is 12.1 Å². The maximum Gasteiger partial charge on any atom is 0.323 e. The summed E-state index contributed by atoms with van der Waals surface area (Å²) in [7, 11) is 1.50. The van der Waals surface area contributed by atoms with Crippen molar-refractivity contribution < 1.29 is 14.3 Å². The highest BCUT2D eigenvalue weighted by atomic mass is 35.5. The van der Waals surface area contributed by atoms with Crippen molar-refractivity contribution in [3.63, 3.8) is 0 Å². The molecule has 2 saturated heterocycles. The summed E-state index contributed by atoms with van der Waals surface area (Å²) in [5.41, 5.74) is 1.27. The molecule has 2 aromatic rings. The van der Waals surface area contributed by atoms with Gasteiger partial charge in [-0.3, -0.25) is 9.69 Å². The van der Waals surface area contributed by atoms with Gasteiger partial charge in [-0.25, -0.2) is 0 Å². The van der Waals surface area contributed by atoms with E-state index in [0.29, 0.717) is 16.0 Å². The third kappa shape index (κ3) is 7.60. The van der Waals surface area contributed by atoms with Gasteiger partial charge in [0, 0.05) is 25.7 Å². The molecule has 2 aromatic carbocycles. The molecule has 7 heteroatoms. The van der Waals surface area contributed by atoms with Crippen molar-refractivity contribution in [2.75, 3.05) is 39.8 Å². The molecule has 35 heavy (non-hydrogen) atoms. The molecule has 0 amide bonds. The fourth-order valence-electron chi connectivity index (χ4n) is 5.30. The number of ether oxygens (including phenoxy) is 2. The van der Waals surface area contributed by atoms with Crippen LogP contribution in [-0.2, 0) is 16.0 Å². The van der Waals surface area contributed by atoms with Crippen LogP contribution in [-0.4, -0.2) is 67.7 Å². The summed E-state index contributed by atoms with van der Waals surface area (Å²) < 4.78 is 11.3. The standard InChI is InChI=1S/C28H36Cl2N2O3/c1-34-28(33)27(10-7-21-5-3-2-4-6-21)32-17-11-22(12-18-32)20-31-15-13-23(14-16-31)35-24-8-9-25(29)26(30)19-24/h2-6,8-9,19,22-23,27H,7,10-18,20H2,1H3. The Labute approximate surface area is 219 Å². The number of likely N-dealkylation sites (tertiary alicyclic amines) is 2. The lowest BCUT2D eigenvalue weighted by atomic mass is 9.93. The first kappa shape index (κ1) is 26.3. The lowest BCUT2D eigenvalue weighted by Crippen LogP contribution is -2.48. The van der Waals surface area contributed by atoms with E-state index >= 15 is 0 Å². The summed E-state index contributed by atoms with van der Waals surface area (Å²) in [4.78, 5) is 17.4. The maximum atomic E-state index is 12.5. The van der Waals surface area contributed by atoms with E-state index < -0.39 is 0 Å². The van der Waals surface area contributed by atoms with Gasteiger partial charge in [-0.05, 0) is 75.2 Å². The van der Waals surface area contributed by atoms with Crippen LogP contribution in [0.4, 0.5) is 0 Å². The summed E-state index contributed by atoms with van der Waals surface area (Å²) in [5.74, 6) is 1.35. The van der Waals surface area contributed by atoms with Gasteiger partial charge in [0.05, 0.1) is 17.2 Å². The zero-order valence-corrected chi connectivity index (χ0v) is 22.0. The SMILES string of the molecule is COC(=O)C(CCc1ccccc1)N1CCC(CN2CCC(Oc3ccc(Cl)c(Cl)c3)CC2)CC1. The number of hydrogen-bond acceptors (Lipinski definition) is 5. The molecular weight excluding hydrogens is 483 g/mol. The summed E-state index contributed by atoms with van der Waals surface area (Å²) in [6.45, 7) is 5.13. The van der Waals surface area contributed by atoms with Gasteiger partial charge < -0.3 is 14.4 Å². The van der Waals surface area contributed by atoms with Crippen molar-refractivity contribution in [1.29, 1.82) is 0 Å². The van der Waals surface area contributed by atoms with Crippen molar-refractivity contribution in [3.05, 3.63) is 64.1 Å². The van der Waals surface area contributed by atoms with Crippen LogP contribution in [0.5, 0.6) is 5.75 Å². The summed E-state index contributed by atoms with van der Waals surface area (Å²) in [6, 6.07) is 15.7. The molecule has 190 valence electrons. The van der Waals surface area contributed by atoms with E-state index in [-0.39, 0.29) is 18.1 Å². The van der Waals surface area contributed by atoms with Crippen molar-refractivity contribution >= 4 is 29.2 Å². The van der Waals surface area contributed by atoms with Crippen LogP contribution in [0, 0.1) is 5.92 Å². The van der Waals surface area contributed by atoms with Crippen molar-refractivity contribution in [2.45, 2.75) is 50.7 Å². The summed E-state index contributed by atoms with van der Waals surface area (Å²) in [6.07, 6.45) is 6.19. The van der Waals surface area contributed by atoms with Gasteiger partial charge in [0.15, 0.2) is 0 Å². The third-order valence-corrected chi connectivity index (χ3v) is 8.10.